The van der Waals surface area contributed by atoms with Gasteiger partial charge in [-0.2, -0.15) is 0 Å². The summed E-state index contributed by atoms with van der Waals surface area (Å²) in [4.78, 5) is 16.8. The molecule has 0 radical (unpaired) electrons. The van der Waals surface area contributed by atoms with E-state index in [4.69, 9.17) is 4.42 Å². The number of aromatic nitrogens is 1. The van der Waals surface area contributed by atoms with Crippen molar-refractivity contribution in [1.82, 2.24) is 14.4 Å². The Morgan fingerprint density at radius 1 is 1.10 bits per heavy atom. The SMILES string of the molecule is CC(C)N1CCN(CCn2c(=O)oc3ccccc32)CC1. The monoisotopic (exact) mass is 289 g/mol. The van der Waals surface area contributed by atoms with Gasteiger partial charge in [-0.15, -0.1) is 0 Å². The van der Waals surface area contributed by atoms with Gasteiger partial charge in [0.15, 0.2) is 5.58 Å². The molecule has 0 aliphatic carbocycles. The molecule has 3 rings (SSSR count). The fourth-order valence-electron chi connectivity index (χ4n) is 2.97. The van der Waals surface area contributed by atoms with Crippen molar-refractivity contribution in [3.63, 3.8) is 0 Å². The van der Waals surface area contributed by atoms with E-state index in [0.29, 0.717) is 18.2 Å². The second-order valence-electron chi connectivity index (χ2n) is 5.96. The van der Waals surface area contributed by atoms with Crippen LogP contribution in [0, 0.1) is 0 Å². The molecule has 1 aliphatic rings. The predicted octanol–water partition coefficient (Wildman–Crippen LogP) is 1.62. The van der Waals surface area contributed by atoms with E-state index in [2.05, 4.69) is 23.6 Å². The first kappa shape index (κ1) is 14.4. The topological polar surface area (TPSA) is 41.6 Å². The van der Waals surface area contributed by atoms with Gasteiger partial charge in [0.2, 0.25) is 0 Å². The van der Waals surface area contributed by atoms with Gasteiger partial charge in [-0.1, -0.05) is 12.1 Å². The number of oxazole rings is 1. The fraction of sp³-hybridized carbons (Fsp3) is 0.562. The summed E-state index contributed by atoms with van der Waals surface area (Å²) >= 11 is 0. The number of piperazine rings is 1. The van der Waals surface area contributed by atoms with Crippen molar-refractivity contribution >= 4 is 11.1 Å². The summed E-state index contributed by atoms with van der Waals surface area (Å²) in [5.74, 6) is -0.253. The lowest BCUT2D eigenvalue weighted by atomic mass is 10.2. The molecule has 1 aliphatic heterocycles. The second-order valence-corrected chi connectivity index (χ2v) is 5.96. The Hall–Kier alpha value is -1.59. The largest absolute Gasteiger partial charge is 0.419 e. The van der Waals surface area contributed by atoms with Crippen LogP contribution in [0.5, 0.6) is 0 Å². The van der Waals surface area contributed by atoms with Crippen LogP contribution in [0.25, 0.3) is 11.1 Å². The van der Waals surface area contributed by atoms with Crippen LogP contribution >= 0.6 is 0 Å². The zero-order valence-corrected chi connectivity index (χ0v) is 12.8. The molecular weight excluding hydrogens is 266 g/mol. The predicted molar refractivity (Wildman–Crippen MR) is 83.6 cm³/mol. The third-order valence-electron chi connectivity index (χ3n) is 4.35. The molecule has 0 unspecified atom stereocenters. The number of rotatable bonds is 4. The van der Waals surface area contributed by atoms with Crippen molar-refractivity contribution in [3.05, 3.63) is 34.8 Å². The highest BCUT2D eigenvalue weighted by molar-refractivity contribution is 5.72. The quantitative estimate of drug-likeness (QED) is 0.858. The molecule has 1 fully saturated rings. The minimum Gasteiger partial charge on any atom is -0.408 e. The summed E-state index contributed by atoms with van der Waals surface area (Å²) in [5, 5.41) is 0. The maximum atomic E-state index is 11.9. The van der Waals surface area contributed by atoms with Crippen molar-refractivity contribution in [2.75, 3.05) is 32.7 Å². The first-order valence-electron chi connectivity index (χ1n) is 7.70. The summed E-state index contributed by atoms with van der Waals surface area (Å²) in [6.45, 7) is 10.4. The number of hydrogen-bond acceptors (Lipinski definition) is 4. The van der Waals surface area contributed by atoms with Gasteiger partial charge >= 0.3 is 5.76 Å². The molecule has 5 nitrogen and oxygen atoms in total. The standard InChI is InChI=1S/C16H23N3O2/c1-13(2)18-10-7-17(8-11-18)9-12-19-14-5-3-4-6-15(14)21-16(19)20/h3-6,13H,7-12H2,1-2H3. The number of hydrogen-bond donors (Lipinski definition) is 0. The Morgan fingerprint density at radius 3 is 2.52 bits per heavy atom. The molecule has 1 saturated heterocycles. The average molecular weight is 289 g/mol. The highest BCUT2D eigenvalue weighted by atomic mass is 16.4. The van der Waals surface area contributed by atoms with Gasteiger partial charge in [0, 0.05) is 45.3 Å². The molecule has 0 N–H and O–H groups in total. The van der Waals surface area contributed by atoms with Gasteiger partial charge in [-0.3, -0.25) is 14.4 Å². The number of benzene rings is 1. The molecule has 21 heavy (non-hydrogen) atoms. The van der Waals surface area contributed by atoms with Crippen LogP contribution in [0.15, 0.2) is 33.5 Å². The van der Waals surface area contributed by atoms with E-state index in [1.54, 1.807) is 4.57 Å². The van der Waals surface area contributed by atoms with Crippen LogP contribution in [0.3, 0.4) is 0 Å². The summed E-state index contributed by atoms with van der Waals surface area (Å²) in [5.41, 5.74) is 1.57. The Morgan fingerprint density at radius 2 is 1.81 bits per heavy atom. The normalized spacial score (nSPS) is 17.9. The number of nitrogens with zero attached hydrogens (tertiary/aromatic N) is 3. The highest BCUT2D eigenvalue weighted by Gasteiger charge is 2.19. The van der Waals surface area contributed by atoms with Crippen molar-refractivity contribution < 1.29 is 4.42 Å². The van der Waals surface area contributed by atoms with E-state index in [1.165, 1.54) is 0 Å². The van der Waals surface area contributed by atoms with E-state index in [0.717, 1.165) is 38.2 Å². The van der Waals surface area contributed by atoms with Crippen molar-refractivity contribution in [3.8, 4) is 0 Å². The number of para-hydroxylation sites is 2. The molecule has 0 spiro atoms. The maximum Gasteiger partial charge on any atom is 0.419 e. The second kappa shape index (κ2) is 6.03. The van der Waals surface area contributed by atoms with Crippen molar-refractivity contribution in [2.24, 2.45) is 0 Å². The smallest absolute Gasteiger partial charge is 0.408 e. The van der Waals surface area contributed by atoms with Crippen LogP contribution in [-0.2, 0) is 6.54 Å². The first-order valence-corrected chi connectivity index (χ1v) is 7.70. The zero-order chi connectivity index (χ0) is 14.8. The lowest BCUT2D eigenvalue weighted by Gasteiger charge is -2.36. The van der Waals surface area contributed by atoms with Crippen molar-refractivity contribution in [2.45, 2.75) is 26.4 Å². The molecule has 5 heteroatoms. The van der Waals surface area contributed by atoms with E-state index in [9.17, 15) is 4.79 Å². The summed E-state index contributed by atoms with van der Waals surface area (Å²) in [6.07, 6.45) is 0. The molecule has 2 heterocycles. The Balaban J connectivity index is 1.63. The minimum atomic E-state index is -0.253. The lowest BCUT2D eigenvalue weighted by molar-refractivity contribution is 0.106. The maximum absolute atomic E-state index is 11.9. The summed E-state index contributed by atoms with van der Waals surface area (Å²) in [6, 6.07) is 8.23. The molecule has 1 aromatic heterocycles. The molecule has 0 amide bonds. The molecule has 0 atom stereocenters. The first-order chi connectivity index (χ1) is 10.1. The Kier molecular flexibility index (Phi) is 4.12. The fourth-order valence-corrected chi connectivity index (χ4v) is 2.97. The third-order valence-corrected chi connectivity index (χ3v) is 4.35. The van der Waals surface area contributed by atoms with E-state index in [-0.39, 0.29) is 5.76 Å². The van der Waals surface area contributed by atoms with Crippen LogP contribution in [0.2, 0.25) is 0 Å². The molecule has 0 bridgehead atoms. The summed E-state index contributed by atoms with van der Waals surface area (Å²) < 4.78 is 7.01. The van der Waals surface area contributed by atoms with Crippen LogP contribution < -0.4 is 5.76 Å². The van der Waals surface area contributed by atoms with Gasteiger partial charge < -0.3 is 4.42 Å². The molecule has 0 saturated carbocycles. The zero-order valence-electron chi connectivity index (χ0n) is 12.8. The van der Waals surface area contributed by atoms with E-state index < -0.39 is 0 Å². The minimum absolute atomic E-state index is 0.253. The van der Waals surface area contributed by atoms with Crippen molar-refractivity contribution in [1.29, 1.82) is 0 Å². The molecule has 114 valence electrons. The highest BCUT2D eigenvalue weighted by Crippen LogP contribution is 2.12. The summed E-state index contributed by atoms with van der Waals surface area (Å²) in [7, 11) is 0. The molecular formula is C16H23N3O2. The lowest BCUT2D eigenvalue weighted by Crippen LogP contribution is -2.49. The van der Waals surface area contributed by atoms with Crippen LogP contribution in [-0.4, -0.2) is 53.1 Å². The molecule has 1 aromatic carbocycles. The molecule has 2 aromatic rings. The van der Waals surface area contributed by atoms with E-state index >= 15 is 0 Å². The van der Waals surface area contributed by atoms with Gasteiger partial charge in [0.25, 0.3) is 0 Å². The van der Waals surface area contributed by atoms with Gasteiger partial charge in [-0.05, 0) is 26.0 Å². The van der Waals surface area contributed by atoms with Crippen LogP contribution in [0.1, 0.15) is 13.8 Å². The van der Waals surface area contributed by atoms with Gasteiger partial charge in [0.1, 0.15) is 0 Å². The van der Waals surface area contributed by atoms with Crippen LogP contribution in [0.4, 0.5) is 0 Å². The third kappa shape index (κ3) is 3.04. The van der Waals surface area contributed by atoms with E-state index in [1.807, 2.05) is 24.3 Å². The average Bonchev–Trinajstić information content (AvgIpc) is 2.81. The van der Waals surface area contributed by atoms with Gasteiger partial charge in [-0.25, -0.2) is 4.79 Å². The number of fused-ring (bicyclic) bond motifs is 1. The Labute approximate surface area is 124 Å². The van der Waals surface area contributed by atoms with Gasteiger partial charge in [0.05, 0.1) is 5.52 Å². The Bertz CT molecular complexity index is 651.